The Morgan fingerprint density at radius 3 is 0.894 bits per heavy atom. The van der Waals surface area contributed by atoms with E-state index in [2.05, 4.69) is 41.5 Å². The molecule has 19 heteroatoms. The minimum atomic E-state index is -4.95. The van der Waals surface area contributed by atoms with Crippen LogP contribution in [-0.2, 0) is 65.4 Å². The molecule has 0 rings (SSSR count). The summed E-state index contributed by atoms with van der Waals surface area (Å²) in [6.07, 6.45) is 41.8. The van der Waals surface area contributed by atoms with Crippen molar-refractivity contribution in [1.29, 1.82) is 0 Å². The minimum Gasteiger partial charge on any atom is -0.462 e. The molecule has 0 saturated heterocycles. The number of aliphatic hydroxyl groups is 1. The van der Waals surface area contributed by atoms with Crippen LogP contribution in [0.4, 0.5) is 0 Å². The van der Waals surface area contributed by atoms with Gasteiger partial charge in [0.2, 0.25) is 0 Å². The van der Waals surface area contributed by atoms with Crippen molar-refractivity contribution < 1.29 is 80.2 Å². The lowest BCUT2D eigenvalue weighted by atomic mass is 10.00. The summed E-state index contributed by atoms with van der Waals surface area (Å²) in [6.45, 7) is 9.42. The van der Waals surface area contributed by atoms with E-state index in [1.807, 2.05) is 0 Å². The van der Waals surface area contributed by atoms with Gasteiger partial charge in [-0.3, -0.25) is 37.3 Å². The molecule has 0 aliphatic heterocycles. The van der Waals surface area contributed by atoms with Crippen LogP contribution in [-0.4, -0.2) is 96.7 Å². The zero-order chi connectivity index (χ0) is 62.9. The van der Waals surface area contributed by atoms with Crippen molar-refractivity contribution in [2.75, 3.05) is 39.6 Å². The summed E-state index contributed by atoms with van der Waals surface area (Å²) < 4.78 is 68.0. The number of carbonyl (C=O) groups is 4. The number of hydrogen-bond donors (Lipinski definition) is 3. The summed E-state index contributed by atoms with van der Waals surface area (Å²) in [5.41, 5.74) is 0. The van der Waals surface area contributed by atoms with Gasteiger partial charge in [0, 0.05) is 25.7 Å². The molecule has 3 N–H and O–H groups in total. The van der Waals surface area contributed by atoms with Crippen molar-refractivity contribution in [3.63, 3.8) is 0 Å². The van der Waals surface area contributed by atoms with Gasteiger partial charge in [-0.05, 0) is 37.5 Å². The van der Waals surface area contributed by atoms with E-state index in [4.69, 9.17) is 37.0 Å². The minimum absolute atomic E-state index is 0.103. The Labute approximate surface area is 517 Å². The van der Waals surface area contributed by atoms with Crippen LogP contribution < -0.4 is 0 Å². The van der Waals surface area contributed by atoms with E-state index in [1.54, 1.807) is 0 Å². The fourth-order valence-electron chi connectivity index (χ4n) is 9.85. The first-order valence-electron chi connectivity index (χ1n) is 34.5. The summed E-state index contributed by atoms with van der Waals surface area (Å²) in [7, 11) is -9.89. The summed E-state index contributed by atoms with van der Waals surface area (Å²) in [4.78, 5) is 72.2. The van der Waals surface area contributed by atoms with Crippen LogP contribution >= 0.6 is 15.6 Å². The molecule has 0 fully saturated rings. The van der Waals surface area contributed by atoms with Crippen LogP contribution in [0, 0.1) is 11.8 Å². The lowest BCUT2D eigenvalue weighted by Gasteiger charge is -2.21. The van der Waals surface area contributed by atoms with Crippen LogP contribution in [0.2, 0.25) is 0 Å². The van der Waals surface area contributed by atoms with Crippen LogP contribution in [0.1, 0.15) is 330 Å². The van der Waals surface area contributed by atoms with E-state index in [9.17, 15) is 43.2 Å². The second kappa shape index (κ2) is 58.4. The van der Waals surface area contributed by atoms with E-state index in [0.717, 1.165) is 115 Å². The molecule has 0 aromatic rings. The Morgan fingerprint density at radius 1 is 0.341 bits per heavy atom. The Hall–Kier alpha value is -1.94. The maximum absolute atomic E-state index is 13.0. The van der Waals surface area contributed by atoms with Crippen LogP contribution in [0.15, 0.2) is 0 Å². The predicted octanol–water partition coefficient (Wildman–Crippen LogP) is 18.4. The van der Waals surface area contributed by atoms with Crippen LogP contribution in [0.3, 0.4) is 0 Å². The van der Waals surface area contributed by atoms with Crippen LogP contribution in [0.5, 0.6) is 0 Å². The van der Waals surface area contributed by atoms with Crippen LogP contribution in [0.25, 0.3) is 0 Å². The number of carbonyl (C=O) groups excluding carboxylic acids is 4. The van der Waals surface area contributed by atoms with Gasteiger partial charge in [-0.1, -0.05) is 279 Å². The number of esters is 4. The third kappa shape index (κ3) is 59.5. The molecule has 0 bridgehead atoms. The summed E-state index contributed by atoms with van der Waals surface area (Å²) in [5.74, 6) is -0.657. The van der Waals surface area contributed by atoms with Gasteiger partial charge in [0.1, 0.15) is 19.3 Å². The standard InChI is InChI=1S/C66H128O17P2/c1-7-10-12-14-16-17-18-19-20-21-22-27-31-38-44-50-65(70)82-61(55-77-64(69)49-43-37-30-26-24-23-25-29-34-40-46-58(4)5)56-80-84(72,73)78-52-60(67)53-79-85(74,75)81-57-62(54-76-63(68)48-42-36-28-15-13-11-8-2)83-66(71)51-45-39-33-32-35-41-47-59(6)9-3/h58-62,67H,7-57H2,1-6H3,(H,72,73)(H,74,75)/t59?,60-,61-,62-/m1/s1. The van der Waals surface area contributed by atoms with Gasteiger partial charge in [0.05, 0.1) is 26.4 Å². The average Bonchev–Trinajstić information content (AvgIpc) is 3.63. The highest BCUT2D eigenvalue weighted by atomic mass is 31.2. The normalized spacial score (nSPS) is 14.6. The average molecular weight is 1260 g/mol. The number of unbranched alkanes of at least 4 members (excludes halogenated alkanes) is 34. The molecular weight excluding hydrogens is 1130 g/mol. The van der Waals surface area contributed by atoms with Gasteiger partial charge in [-0.15, -0.1) is 0 Å². The molecule has 85 heavy (non-hydrogen) atoms. The summed E-state index contributed by atoms with van der Waals surface area (Å²) in [5, 5.41) is 10.5. The maximum Gasteiger partial charge on any atom is 0.472 e. The topological polar surface area (TPSA) is 237 Å². The number of phosphoric acid groups is 2. The second-order valence-corrected chi connectivity index (χ2v) is 27.5. The SMILES string of the molecule is CCCCCCCCCCCCCCCCCC(=O)O[C@H](COC(=O)CCCCCCCCCCCCC(C)C)COP(=O)(O)OC[C@@H](O)COP(=O)(O)OC[C@@H](COC(=O)CCCCCCCCC)OC(=O)CCCCCCCCC(C)CC. The third-order valence-electron chi connectivity index (χ3n) is 15.6. The van der Waals surface area contributed by atoms with E-state index in [1.165, 1.54) is 135 Å². The molecule has 0 spiro atoms. The van der Waals surface area contributed by atoms with Crippen molar-refractivity contribution in [2.45, 2.75) is 349 Å². The largest absolute Gasteiger partial charge is 0.472 e. The predicted molar refractivity (Wildman–Crippen MR) is 340 cm³/mol. The molecule has 0 heterocycles. The number of hydrogen-bond acceptors (Lipinski definition) is 15. The van der Waals surface area contributed by atoms with Gasteiger partial charge >= 0.3 is 39.5 Å². The van der Waals surface area contributed by atoms with E-state index >= 15 is 0 Å². The number of aliphatic hydroxyl groups excluding tert-OH is 1. The zero-order valence-corrected chi connectivity index (χ0v) is 56.7. The molecule has 17 nitrogen and oxygen atoms in total. The lowest BCUT2D eigenvalue weighted by Crippen LogP contribution is -2.30. The van der Waals surface area contributed by atoms with Gasteiger partial charge in [-0.25, -0.2) is 9.13 Å². The smallest absolute Gasteiger partial charge is 0.462 e. The van der Waals surface area contributed by atoms with E-state index in [-0.39, 0.29) is 25.7 Å². The van der Waals surface area contributed by atoms with Crippen molar-refractivity contribution in [3.8, 4) is 0 Å². The second-order valence-electron chi connectivity index (χ2n) is 24.6. The Balaban J connectivity index is 5.22. The molecule has 0 aromatic carbocycles. The number of rotatable bonds is 65. The Bertz CT molecular complexity index is 1670. The van der Waals surface area contributed by atoms with Gasteiger partial charge < -0.3 is 33.8 Å². The first-order chi connectivity index (χ1) is 40.9. The zero-order valence-electron chi connectivity index (χ0n) is 54.9. The van der Waals surface area contributed by atoms with Crippen molar-refractivity contribution in [2.24, 2.45) is 11.8 Å². The molecule has 0 aliphatic carbocycles. The summed E-state index contributed by atoms with van der Waals surface area (Å²) >= 11 is 0. The van der Waals surface area contributed by atoms with E-state index in [0.29, 0.717) is 25.7 Å². The van der Waals surface area contributed by atoms with Crippen molar-refractivity contribution in [1.82, 2.24) is 0 Å². The third-order valence-corrected chi connectivity index (χ3v) is 17.5. The van der Waals surface area contributed by atoms with Gasteiger partial charge in [0.25, 0.3) is 0 Å². The molecule has 0 aliphatic rings. The molecule has 6 atom stereocenters. The first kappa shape index (κ1) is 83.1. The molecular formula is C66H128O17P2. The number of phosphoric ester groups is 2. The Kier molecular flexibility index (Phi) is 57.1. The number of ether oxygens (including phenoxy) is 4. The molecule has 504 valence electrons. The Morgan fingerprint density at radius 2 is 0.600 bits per heavy atom. The highest BCUT2D eigenvalue weighted by Gasteiger charge is 2.30. The van der Waals surface area contributed by atoms with Crippen molar-refractivity contribution in [3.05, 3.63) is 0 Å². The van der Waals surface area contributed by atoms with E-state index < -0.39 is 97.5 Å². The molecule has 0 radical (unpaired) electrons. The lowest BCUT2D eigenvalue weighted by molar-refractivity contribution is -0.161. The highest BCUT2D eigenvalue weighted by Crippen LogP contribution is 2.45. The molecule has 3 unspecified atom stereocenters. The highest BCUT2D eigenvalue weighted by molar-refractivity contribution is 7.47. The molecule has 0 aromatic heterocycles. The quantitative estimate of drug-likeness (QED) is 0.0222. The fourth-order valence-corrected chi connectivity index (χ4v) is 11.4. The molecule has 0 amide bonds. The first-order valence-corrected chi connectivity index (χ1v) is 37.5. The van der Waals surface area contributed by atoms with Crippen molar-refractivity contribution >= 4 is 39.5 Å². The summed E-state index contributed by atoms with van der Waals surface area (Å²) in [6, 6.07) is 0. The monoisotopic (exact) mass is 1250 g/mol. The van der Waals surface area contributed by atoms with Gasteiger partial charge in [0.15, 0.2) is 12.2 Å². The van der Waals surface area contributed by atoms with Gasteiger partial charge in [-0.2, -0.15) is 0 Å². The maximum atomic E-state index is 13.0. The molecule has 0 saturated carbocycles. The fraction of sp³-hybridized carbons (Fsp3) is 0.939.